The average molecular weight is 200 g/mol. The van der Waals surface area contributed by atoms with E-state index in [2.05, 4.69) is 17.2 Å². The molecule has 0 radical (unpaired) electrons. The van der Waals surface area contributed by atoms with E-state index in [1.165, 1.54) is 4.88 Å². The molecular weight excluding hydrogens is 184 g/mol. The number of aliphatic hydroxyl groups excluding tert-OH is 1. The van der Waals surface area contributed by atoms with E-state index < -0.39 is 0 Å². The maximum Gasteiger partial charge on any atom is 0.0929 e. The van der Waals surface area contributed by atoms with Crippen LogP contribution in [-0.4, -0.2) is 23.7 Å². The van der Waals surface area contributed by atoms with Crippen LogP contribution in [0.25, 0.3) is 0 Å². The third kappa shape index (κ3) is 3.06. The highest BCUT2D eigenvalue weighted by Crippen LogP contribution is 2.20. The third-order valence-corrected chi connectivity index (χ3v) is 3.22. The van der Waals surface area contributed by atoms with Crippen molar-refractivity contribution in [1.29, 1.82) is 0 Å². The Kier molecular flexibility index (Phi) is 4.35. The third-order valence-electron chi connectivity index (χ3n) is 1.98. The maximum absolute atomic E-state index is 8.65. The summed E-state index contributed by atoms with van der Waals surface area (Å²) >= 11 is 1.72. The Bertz CT molecular complexity index is 250. The molecule has 0 bridgehead atoms. The molecular formula is C9H16N2OS. The van der Waals surface area contributed by atoms with Crippen LogP contribution in [0.3, 0.4) is 0 Å². The van der Waals surface area contributed by atoms with Crippen LogP contribution in [-0.2, 0) is 6.42 Å². The lowest BCUT2D eigenvalue weighted by atomic mass is 10.3. The van der Waals surface area contributed by atoms with Gasteiger partial charge in [0.05, 0.1) is 5.01 Å². The number of thiazole rings is 1. The van der Waals surface area contributed by atoms with Crippen LogP contribution < -0.4 is 5.32 Å². The molecule has 0 saturated heterocycles. The number of hydrogen-bond acceptors (Lipinski definition) is 4. The molecule has 2 N–H and O–H groups in total. The molecule has 0 fully saturated rings. The second-order valence-electron chi connectivity index (χ2n) is 2.99. The Morgan fingerprint density at radius 1 is 1.69 bits per heavy atom. The van der Waals surface area contributed by atoms with Gasteiger partial charge >= 0.3 is 0 Å². The fourth-order valence-corrected chi connectivity index (χ4v) is 2.04. The first-order valence-electron chi connectivity index (χ1n) is 4.50. The summed E-state index contributed by atoms with van der Waals surface area (Å²) < 4.78 is 0. The first kappa shape index (κ1) is 10.6. The van der Waals surface area contributed by atoms with Crippen molar-refractivity contribution in [3.63, 3.8) is 0 Å². The van der Waals surface area contributed by atoms with Gasteiger partial charge in [0.15, 0.2) is 0 Å². The van der Waals surface area contributed by atoms with E-state index in [1.54, 1.807) is 11.3 Å². The molecule has 13 heavy (non-hydrogen) atoms. The highest BCUT2D eigenvalue weighted by Gasteiger charge is 2.06. The summed E-state index contributed by atoms with van der Waals surface area (Å²) in [7, 11) is 1.94. The fraction of sp³-hybridized carbons (Fsp3) is 0.667. The van der Waals surface area contributed by atoms with Gasteiger partial charge in [-0.2, -0.15) is 0 Å². The normalized spacial score (nSPS) is 13.2. The lowest BCUT2D eigenvalue weighted by molar-refractivity contribution is 0.288. The topological polar surface area (TPSA) is 45.2 Å². The number of nitrogens with zero attached hydrogens (tertiary/aromatic N) is 1. The molecule has 0 aliphatic heterocycles. The zero-order valence-electron chi connectivity index (χ0n) is 8.08. The number of aryl methyl sites for hydroxylation is 1. The molecule has 0 saturated carbocycles. The van der Waals surface area contributed by atoms with Gasteiger partial charge in [0, 0.05) is 30.1 Å². The minimum Gasteiger partial charge on any atom is -0.396 e. The molecule has 0 aliphatic rings. The van der Waals surface area contributed by atoms with E-state index in [0.29, 0.717) is 6.04 Å². The van der Waals surface area contributed by atoms with E-state index >= 15 is 0 Å². The molecule has 1 heterocycles. The van der Waals surface area contributed by atoms with Crippen LogP contribution in [0.5, 0.6) is 0 Å². The summed E-state index contributed by atoms with van der Waals surface area (Å²) in [5.41, 5.74) is 0. The average Bonchev–Trinajstić information content (AvgIpc) is 2.62. The molecule has 1 atom stereocenters. The Morgan fingerprint density at radius 3 is 3.08 bits per heavy atom. The number of aromatic nitrogens is 1. The van der Waals surface area contributed by atoms with E-state index in [-0.39, 0.29) is 6.61 Å². The molecule has 1 rings (SSSR count). The van der Waals surface area contributed by atoms with Crippen molar-refractivity contribution < 1.29 is 5.11 Å². The van der Waals surface area contributed by atoms with Crippen molar-refractivity contribution in [2.75, 3.05) is 13.7 Å². The fourth-order valence-electron chi connectivity index (χ4n) is 1.01. The van der Waals surface area contributed by atoms with Crippen molar-refractivity contribution in [3.8, 4) is 0 Å². The summed E-state index contributed by atoms with van der Waals surface area (Å²) in [5, 5.41) is 12.9. The van der Waals surface area contributed by atoms with Crippen LogP contribution in [0.15, 0.2) is 6.20 Å². The molecule has 74 valence electrons. The number of rotatable bonds is 5. The predicted octanol–water partition coefficient (Wildman–Crippen LogP) is 1.35. The summed E-state index contributed by atoms with van der Waals surface area (Å²) in [5.74, 6) is 0. The highest BCUT2D eigenvalue weighted by atomic mass is 32.1. The molecule has 0 aliphatic carbocycles. The molecule has 1 unspecified atom stereocenters. The van der Waals surface area contributed by atoms with Crippen LogP contribution in [0.1, 0.15) is 29.3 Å². The Hall–Kier alpha value is -0.450. The van der Waals surface area contributed by atoms with Crippen molar-refractivity contribution >= 4 is 11.3 Å². The van der Waals surface area contributed by atoms with E-state index in [1.807, 2.05) is 13.2 Å². The van der Waals surface area contributed by atoms with E-state index in [4.69, 9.17) is 5.11 Å². The van der Waals surface area contributed by atoms with Crippen LogP contribution in [0.4, 0.5) is 0 Å². The number of hydrogen-bond donors (Lipinski definition) is 2. The lowest BCUT2D eigenvalue weighted by Gasteiger charge is -2.04. The van der Waals surface area contributed by atoms with Gasteiger partial charge in [-0.25, -0.2) is 4.98 Å². The van der Waals surface area contributed by atoms with Crippen molar-refractivity contribution in [2.45, 2.75) is 25.8 Å². The van der Waals surface area contributed by atoms with E-state index in [0.717, 1.165) is 17.8 Å². The summed E-state index contributed by atoms with van der Waals surface area (Å²) in [6.45, 7) is 2.36. The van der Waals surface area contributed by atoms with Crippen molar-refractivity contribution in [1.82, 2.24) is 10.3 Å². The second-order valence-corrected chi connectivity index (χ2v) is 4.14. The van der Waals surface area contributed by atoms with Gasteiger partial charge < -0.3 is 10.4 Å². The van der Waals surface area contributed by atoms with Crippen molar-refractivity contribution in [3.05, 3.63) is 16.1 Å². The van der Waals surface area contributed by atoms with Gasteiger partial charge in [-0.05, 0) is 20.4 Å². The van der Waals surface area contributed by atoms with Gasteiger partial charge in [0.1, 0.15) is 0 Å². The van der Waals surface area contributed by atoms with Crippen LogP contribution >= 0.6 is 11.3 Å². The minimum absolute atomic E-state index is 0.247. The zero-order valence-corrected chi connectivity index (χ0v) is 8.90. The van der Waals surface area contributed by atoms with Gasteiger partial charge in [0.25, 0.3) is 0 Å². The van der Waals surface area contributed by atoms with Gasteiger partial charge in [-0.15, -0.1) is 11.3 Å². The molecule has 1 aromatic rings. The van der Waals surface area contributed by atoms with Crippen LogP contribution in [0, 0.1) is 0 Å². The standard InChI is InChI=1S/C9H16N2OS/c1-7(10-2)8-6-11-9(13-8)4-3-5-12/h6-7,10,12H,3-5H2,1-2H3. The zero-order chi connectivity index (χ0) is 9.68. The number of aliphatic hydroxyl groups is 1. The van der Waals surface area contributed by atoms with Gasteiger partial charge in [-0.1, -0.05) is 0 Å². The molecule has 3 nitrogen and oxygen atoms in total. The molecule has 0 spiro atoms. The molecule has 4 heteroatoms. The first-order chi connectivity index (χ1) is 6.27. The largest absolute Gasteiger partial charge is 0.396 e. The highest BCUT2D eigenvalue weighted by molar-refractivity contribution is 7.11. The molecule has 0 aromatic carbocycles. The second kappa shape index (κ2) is 5.32. The summed E-state index contributed by atoms with van der Waals surface area (Å²) in [4.78, 5) is 5.55. The Balaban J connectivity index is 2.53. The molecule has 1 aromatic heterocycles. The van der Waals surface area contributed by atoms with Crippen LogP contribution in [0.2, 0.25) is 0 Å². The SMILES string of the molecule is CNC(C)c1cnc(CCCO)s1. The number of nitrogens with one attached hydrogen (secondary N) is 1. The summed E-state index contributed by atoms with van der Waals surface area (Å²) in [6, 6.07) is 0.375. The van der Waals surface area contributed by atoms with Gasteiger partial charge in [-0.3, -0.25) is 0 Å². The van der Waals surface area contributed by atoms with Crippen molar-refractivity contribution in [2.24, 2.45) is 0 Å². The summed E-state index contributed by atoms with van der Waals surface area (Å²) in [6.07, 6.45) is 3.61. The maximum atomic E-state index is 8.65. The van der Waals surface area contributed by atoms with Gasteiger partial charge in [0.2, 0.25) is 0 Å². The van der Waals surface area contributed by atoms with E-state index in [9.17, 15) is 0 Å². The first-order valence-corrected chi connectivity index (χ1v) is 5.32. The smallest absolute Gasteiger partial charge is 0.0929 e. The molecule has 0 amide bonds. The predicted molar refractivity (Wildman–Crippen MR) is 55.0 cm³/mol. The Morgan fingerprint density at radius 2 is 2.46 bits per heavy atom. The minimum atomic E-state index is 0.247. The lowest BCUT2D eigenvalue weighted by Crippen LogP contribution is -2.10. The Labute approximate surface area is 82.8 Å². The quantitative estimate of drug-likeness (QED) is 0.754. The monoisotopic (exact) mass is 200 g/mol.